The Morgan fingerprint density at radius 3 is 2.46 bits per heavy atom. The maximum atomic E-state index is 13.2. The Morgan fingerprint density at radius 2 is 1.76 bits per heavy atom. The quantitative estimate of drug-likeness (QED) is 0.248. The van der Waals surface area contributed by atoms with Crippen LogP contribution in [-0.2, 0) is 16.9 Å². The Bertz CT molecular complexity index is 1920. The van der Waals surface area contributed by atoms with Crippen molar-refractivity contribution in [1.82, 2.24) is 19.7 Å². The summed E-state index contributed by atoms with van der Waals surface area (Å²) in [5, 5.41) is 4.84. The van der Waals surface area contributed by atoms with Crippen LogP contribution in [0.2, 0.25) is 0 Å². The third kappa shape index (κ3) is 5.08. The molecule has 1 N–H and O–H groups in total. The average Bonchev–Trinajstić information content (AvgIpc) is 3.61. The first-order chi connectivity index (χ1) is 19.6. The van der Waals surface area contributed by atoms with Crippen LogP contribution >= 0.6 is 0 Å². The van der Waals surface area contributed by atoms with E-state index in [1.807, 2.05) is 32.0 Å². The van der Waals surface area contributed by atoms with E-state index < -0.39 is 9.84 Å². The lowest BCUT2D eigenvalue weighted by Gasteiger charge is -2.17. The fourth-order valence-corrected chi connectivity index (χ4v) is 6.29. The van der Waals surface area contributed by atoms with Crippen molar-refractivity contribution >= 4 is 20.7 Å². The Labute approximate surface area is 238 Å². The Balaban J connectivity index is 1.52. The number of aryl methyl sites for hydroxylation is 3. The van der Waals surface area contributed by atoms with Crippen molar-refractivity contribution in [2.24, 2.45) is 7.05 Å². The van der Waals surface area contributed by atoms with Crippen LogP contribution in [0.3, 0.4) is 0 Å². The molecule has 3 heterocycles. The maximum absolute atomic E-state index is 13.2. The molecule has 1 aliphatic rings. The van der Waals surface area contributed by atoms with Crippen LogP contribution in [0.25, 0.3) is 33.6 Å². The van der Waals surface area contributed by atoms with E-state index >= 15 is 0 Å². The lowest BCUT2D eigenvalue weighted by atomic mass is 9.89. The molecule has 5 aromatic rings. The molecule has 1 saturated carbocycles. The number of nitrogens with zero attached hydrogens (tertiary/aromatic N) is 3. The largest absolute Gasteiger partial charge is 0.456 e. The number of aromatic amines is 1. The van der Waals surface area contributed by atoms with E-state index in [2.05, 4.69) is 15.1 Å². The first-order valence-corrected chi connectivity index (χ1v) is 15.6. The Hall–Kier alpha value is -4.18. The van der Waals surface area contributed by atoms with E-state index in [0.29, 0.717) is 50.9 Å². The second-order valence-electron chi connectivity index (χ2n) is 11.0. The number of hydrogen-bond acceptors (Lipinski definition) is 7. The van der Waals surface area contributed by atoms with Gasteiger partial charge < -0.3 is 18.8 Å². The number of hydrogen-bond donors (Lipinski definition) is 1. The molecule has 0 spiro atoms. The lowest BCUT2D eigenvalue weighted by Crippen LogP contribution is -2.16. The van der Waals surface area contributed by atoms with E-state index in [1.54, 1.807) is 31.4 Å². The topological polar surface area (TPSA) is 120 Å². The van der Waals surface area contributed by atoms with E-state index in [-0.39, 0.29) is 16.4 Å². The predicted octanol–water partition coefficient (Wildman–Crippen LogP) is 6.44. The van der Waals surface area contributed by atoms with Crippen molar-refractivity contribution in [3.63, 3.8) is 0 Å². The Morgan fingerprint density at radius 1 is 1.02 bits per heavy atom. The zero-order valence-corrected chi connectivity index (χ0v) is 24.3. The molecule has 0 bridgehead atoms. The third-order valence-electron chi connectivity index (χ3n) is 7.90. The van der Waals surface area contributed by atoms with Crippen molar-refractivity contribution in [3.05, 3.63) is 76.0 Å². The van der Waals surface area contributed by atoms with Crippen LogP contribution in [-0.4, -0.2) is 34.4 Å². The van der Waals surface area contributed by atoms with E-state index in [9.17, 15) is 13.2 Å². The minimum atomic E-state index is -3.52. The number of benzene rings is 2. The zero-order chi connectivity index (χ0) is 28.9. The molecule has 0 aliphatic heterocycles. The van der Waals surface area contributed by atoms with Gasteiger partial charge in [0, 0.05) is 41.9 Å². The Kier molecular flexibility index (Phi) is 6.81. The predicted molar refractivity (Wildman–Crippen MR) is 157 cm³/mol. The lowest BCUT2D eigenvalue weighted by molar-refractivity contribution is 0.385. The summed E-state index contributed by atoms with van der Waals surface area (Å²) in [5.74, 6) is 2.44. The van der Waals surface area contributed by atoms with Crippen LogP contribution in [0.4, 0.5) is 0 Å². The molecule has 1 fully saturated rings. The third-order valence-corrected chi connectivity index (χ3v) is 9.01. The summed E-state index contributed by atoms with van der Waals surface area (Å²) in [5.41, 5.74) is 3.69. The van der Waals surface area contributed by atoms with Gasteiger partial charge in [0.15, 0.2) is 15.7 Å². The fourth-order valence-electron chi connectivity index (χ4n) is 5.64. The second kappa shape index (κ2) is 10.3. The first kappa shape index (κ1) is 27.0. The summed E-state index contributed by atoms with van der Waals surface area (Å²) >= 11 is 0. The summed E-state index contributed by atoms with van der Waals surface area (Å²) in [4.78, 5) is 21.2. The summed E-state index contributed by atoms with van der Waals surface area (Å²) in [6, 6.07) is 12.5. The maximum Gasteiger partial charge on any atom is 0.274 e. The van der Waals surface area contributed by atoms with Crippen molar-refractivity contribution < 1.29 is 17.7 Å². The number of fused-ring (bicyclic) bond motifs is 1. The summed E-state index contributed by atoms with van der Waals surface area (Å²) in [7, 11) is -1.86. The number of para-hydroxylation sites is 1. The van der Waals surface area contributed by atoms with E-state index in [4.69, 9.17) is 9.26 Å². The monoisotopic (exact) mass is 572 g/mol. The molecule has 41 heavy (non-hydrogen) atoms. The fraction of sp³-hybridized carbons (Fsp3) is 0.323. The van der Waals surface area contributed by atoms with Gasteiger partial charge >= 0.3 is 0 Å². The number of sulfone groups is 1. The van der Waals surface area contributed by atoms with Gasteiger partial charge in [-0.15, -0.1) is 0 Å². The number of ether oxygens (including phenoxy) is 1. The van der Waals surface area contributed by atoms with Gasteiger partial charge in [0.1, 0.15) is 22.7 Å². The molecule has 0 amide bonds. The molecular formula is C31H32N4O5S. The molecule has 0 radical (unpaired) electrons. The number of rotatable bonds is 6. The minimum Gasteiger partial charge on any atom is -0.456 e. The van der Waals surface area contributed by atoms with Crippen molar-refractivity contribution in [3.8, 4) is 34.2 Å². The van der Waals surface area contributed by atoms with Crippen molar-refractivity contribution in [1.29, 1.82) is 0 Å². The molecule has 6 rings (SSSR count). The number of H-pyrrole nitrogens is 1. The van der Waals surface area contributed by atoms with Crippen molar-refractivity contribution in [2.75, 3.05) is 6.26 Å². The van der Waals surface area contributed by atoms with Gasteiger partial charge in [-0.1, -0.05) is 42.6 Å². The molecule has 0 unspecified atom stereocenters. The van der Waals surface area contributed by atoms with Crippen LogP contribution < -0.4 is 10.3 Å². The molecule has 10 heteroatoms. The first-order valence-electron chi connectivity index (χ1n) is 13.7. The summed E-state index contributed by atoms with van der Waals surface area (Å²) in [6.07, 6.45) is 8.47. The van der Waals surface area contributed by atoms with Crippen LogP contribution in [0.5, 0.6) is 11.5 Å². The highest BCUT2D eigenvalue weighted by atomic mass is 32.2. The zero-order valence-electron chi connectivity index (χ0n) is 23.5. The standard InChI is InChI=1S/C31H32N4O5S/c1-18-9-8-10-19(2)28(18)39-26-14-13-21(41(4,37)38)15-22(26)24-17-35(3)31(36)27-23(24)16-25(32-27)30-33-29(34-40-30)20-11-6-5-7-12-20/h8-10,13-17,20,32H,5-7,11-12H2,1-4H3. The smallest absolute Gasteiger partial charge is 0.274 e. The van der Waals surface area contributed by atoms with E-state index in [1.165, 1.54) is 23.3 Å². The molecular weight excluding hydrogens is 540 g/mol. The summed E-state index contributed by atoms with van der Waals surface area (Å²) in [6.45, 7) is 3.92. The number of pyridine rings is 1. The second-order valence-corrected chi connectivity index (χ2v) is 13.0. The normalized spacial score (nSPS) is 14.5. The average molecular weight is 573 g/mol. The van der Waals surface area contributed by atoms with Crippen LogP contribution in [0.1, 0.15) is 55.0 Å². The molecule has 0 saturated heterocycles. The highest BCUT2D eigenvalue weighted by Gasteiger charge is 2.24. The van der Waals surface area contributed by atoms with Crippen molar-refractivity contribution in [2.45, 2.75) is 56.8 Å². The van der Waals surface area contributed by atoms with Gasteiger partial charge in [-0.3, -0.25) is 4.79 Å². The van der Waals surface area contributed by atoms with E-state index in [0.717, 1.165) is 36.8 Å². The molecule has 1 aliphatic carbocycles. The highest BCUT2D eigenvalue weighted by molar-refractivity contribution is 7.90. The van der Waals surface area contributed by atoms with Gasteiger partial charge in [-0.2, -0.15) is 4.98 Å². The van der Waals surface area contributed by atoms with Crippen LogP contribution in [0.15, 0.2) is 62.9 Å². The van der Waals surface area contributed by atoms with Gasteiger partial charge in [-0.25, -0.2) is 8.42 Å². The molecule has 3 aromatic heterocycles. The van der Waals surface area contributed by atoms with Gasteiger partial charge in [0.2, 0.25) is 0 Å². The number of aromatic nitrogens is 4. The van der Waals surface area contributed by atoms with Gasteiger partial charge in [0.25, 0.3) is 11.4 Å². The SMILES string of the molecule is Cc1cccc(C)c1Oc1ccc(S(C)(=O)=O)cc1-c1cn(C)c(=O)c2[nH]c(-c3nc(C4CCCCC4)no3)cc12. The molecule has 212 valence electrons. The highest BCUT2D eigenvalue weighted by Crippen LogP contribution is 2.41. The summed E-state index contributed by atoms with van der Waals surface area (Å²) < 4.78 is 38.7. The van der Waals surface area contributed by atoms with Gasteiger partial charge in [-0.05, 0) is 62.1 Å². The molecule has 0 atom stereocenters. The van der Waals surface area contributed by atoms with Gasteiger partial charge in [0.05, 0.1) is 4.90 Å². The number of nitrogens with one attached hydrogen (secondary N) is 1. The molecule has 2 aromatic carbocycles. The minimum absolute atomic E-state index is 0.146. The van der Waals surface area contributed by atoms with Crippen LogP contribution in [0, 0.1) is 13.8 Å². The molecule has 9 nitrogen and oxygen atoms in total.